The van der Waals surface area contributed by atoms with E-state index in [1.165, 1.54) is 19.3 Å². The normalized spacial score (nSPS) is 26.7. The van der Waals surface area contributed by atoms with Gasteiger partial charge >= 0.3 is 0 Å². The molecule has 0 N–H and O–H groups in total. The van der Waals surface area contributed by atoms with Crippen LogP contribution < -0.4 is 0 Å². The number of alkyl halides is 1. The van der Waals surface area contributed by atoms with E-state index in [4.69, 9.17) is 4.74 Å². The molecule has 1 saturated carbocycles. The Labute approximate surface area is 105 Å². The van der Waals surface area contributed by atoms with Crippen molar-refractivity contribution in [2.45, 2.75) is 36.2 Å². The molecule has 1 heterocycles. The molecular weight excluding hydrogens is 305 g/mol. The lowest BCUT2D eigenvalue weighted by atomic mass is 10.1. The number of hydrogen-bond acceptors (Lipinski definition) is 2. The highest BCUT2D eigenvalue weighted by molar-refractivity contribution is 14.1. The van der Waals surface area contributed by atoms with Gasteiger partial charge in [0.05, 0.1) is 13.2 Å². The van der Waals surface area contributed by atoms with Crippen LogP contribution in [0.1, 0.15) is 32.1 Å². The Kier molecular flexibility index (Phi) is 4.25. The second kappa shape index (κ2) is 5.48. The lowest BCUT2D eigenvalue weighted by Crippen LogP contribution is -2.43. The van der Waals surface area contributed by atoms with Crippen LogP contribution in [0.4, 0.5) is 0 Å². The summed E-state index contributed by atoms with van der Waals surface area (Å²) in [5.74, 6) is 1.26. The molecule has 0 aromatic rings. The maximum absolute atomic E-state index is 11.8. The van der Waals surface area contributed by atoms with Crippen molar-refractivity contribution in [3.63, 3.8) is 0 Å². The van der Waals surface area contributed by atoms with E-state index < -0.39 is 0 Å². The quantitative estimate of drug-likeness (QED) is 0.586. The van der Waals surface area contributed by atoms with Crippen LogP contribution in [0.15, 0.2) is 0 Å². The molecule has 2 rings (SSSR count). The molecule has 1 amide bonds. The maximum Gasteiger partial charge on any atom is 0.222 e. The van der Waals surface area contributed by atoms with Crippen LogP contribution in [0.5, 0.6) is 0 Å². The third-order valence-corrected chi connectivity index (χ3v) is 3.83. The molecule has 15 heavy (non-hydrogen) atoms. The van der Waals surface area contributed by atoms with Gasteiger partial charge in [0.1, 0.15) is 4.11 Å². The topological polar surface area (TPSA) is 29.5 Å². The van der Waals surface area contributed by atoms with Crippen molar-refractivity contribution in [3.05, 3.63) is 0 Å². The first-order valence-corrected chi connectivity index (χ1v) is 7.03. The van der Waals surface area contributed by atoms with E-state index >= 15 is 0 Å². The molecule has 0 aromatic heterocycles. The Balaban J connectivity index is 1.64. The summed E-state index contributed by atoms with van der Waals surface area (Å²) in [6.45, 7) is 2.24. The van der Waals surface area contributed by atoms with E-state index in [2.05, 4.69) is 22.6 Å². The van der Waals surface area contributed by atoms with Gasteiger partial charge in [-0.25, -0.2) is 0 Å². The zero-order chi connectivity index (χ0) is 10.7. The fourth-order valence-corrected chi connectivity index (χ4v) is 2.67. The second-order valence-corrected chi connectivity index (χ2v) is 5.85. The van der Waals surface area contributed by atoms with E-state index in [1.54, 1.807) is 0 Å². The Morgan fingerprint density at radius 2 is 2.27 bits per heavy atom. The number of halogens is 1. The minimum atomic E-state index is 0.184. The van der Waals surface area contributed by atoms with Crippen LogP contribution in [0, 0.1) is 5.92 Å². The van der Waals surface area contributed by atoms with E-state index in [9.17, 15) is 4.79 Å². The van der Waals surface area contributed by atoms with Gasteiger partial charge in [0.2, 0.25) is 5.91 Å². The van der Waals surface area contributed by atoms with Crippen molar-refractivity contribution >= 4 is 28.5 Å². The molecular formula is C11H18INO2. The summed E-state index contributed by atoms with van der Waals surface area (Å²) in [6.07, 6.45) is 5.85. The first kappa shape index (κ1) is 11.6. The Hall–Kier alpha value is 0.160. The molecule has 1 unspecified atom stereocenters. The summed E-state index contributed by atoms with van der Waals surface area (Å²) >= 11 is 2.25. The fourth-order valence-electron chi connectivity index (χ4n) is 1.94. The zero-order valence-corrected chi connectivity index (χ0v) is 11.1. The molecule has 3 nitrogen and oxygen atoms in total. The second-order valence-electron chi connectivity index (χ2n) is 4.46. The van der Waals surface area contributed by atoms with Crippen LogP contribution in [0.2, 0.25) is 0 Å². The minimum Gasteiger partial charge on any atom is -0.364 e. The van der Waals surface area contributed by atoms with Crippen molar-refractivity contribution in [1.29, 1.82) is 0 Å². The number of amides is 1. The molecule has 1 aliphatic carbocycles. The summed E-state index contributed by atoms with van der Waals surface area (Å²) in [4.78, 5) is 13.8. The predicted octanol–water partition coefficient (Wildman–Crippen LogP) is 2.19. The Morgan fingerprint density at radius 1 is 1.47 bits per heavy atom. The lowest BCUT2D eigenvalue weighted by Gasteiger charge is -2.30. The molecule has 2 aliphatic rings. The van der Waals surface area contributed by atoms with Gasteiger partial charge in [-0.3, -0.25) is 4.79 Å². The Morgan fingerprint density at radius 3 is 2.93 bits per heavy atom. The molecule has 4 heteroatoms. The molecule has 86 valence electrons. The molecule has 1 aliphatic heterocycles. The van der Waals surface area contributed by atoms with E-state index in [1.807, 2.05) is 4.90 Å². The summed E-state index contributed by atoms with van der Waals surface area (Å²) in [5.41, 5.74) is 0. The summed E-state index contributed by atoms with van der Waals surface area (Å²) in [7, 11) is 0. The molecule has 0 aromatic carbocycles. The van der Waals surface area contributed by atoms with Crippen LogP contribution in [-0.2, 0) is 9.53 Å². The summed E-state index contributed by atoms with van der Waals surface area (Å²) in [5, 5.41) is 0. The summed E-state index contributed by atoms with van der Waals surface area (Å²) in [6, 6.07) is 0. The maximum atomic E-state index is 11.8. The van der Waals surface area contributed by atoms with Crippen LogP contribution in [0.3, 0.4) is 0 Å². The van der Waals surface area contributed by atoms with Gasteiger partial charge in [-0.1, -0.05) is 12.8 Å². The average molecular weight is 323 g/mol. The summed E-state index contributed by atoms with van der Waals surface area (Å²) < 4.78 is 5.59. The van der Waals surface area contributed by atoms with Crippen LogP contribution >= 0.6 is 22.6 Å². The molecule has 0 radical (unpaired) electrons. The molecule has 2 fully saturated rings. The van der Waals surface area contributed by atoms with Crippen molar-refractivity contribution in [1.82, 2.24) is 4.90 Å². The number of hydrogen-bond donors (Lipinski definition) is 0. The van der Waals surface area contributed by atoms with Crippen molar-refractivity contribution < 1.29 is 9.53 Å². The zero-order valence-electron chi connectivity index (χ0n) is 8.95. The van der Waals surface area contributed by atoms with Gasteiger partial charge < -0.3 is 9.64 Å². The minimum absolute atomic E-state index is 0.184. The van der Waals surface area contributed by atoms with Gasteiger partial charge in [0.25, 0.3) is 0 Å². The van der Waals surface area contributed by atoms with Crippen molar-refractivity contribution in [2.24, 2.45) is 5.92 Å². The lowest BCUT2D eigenvalue weighted by molar-refractivity contribution is -0.135. The number of ether oxygens (including phenoxy) is 1. The number of nitrogens with zero attached hydrogens (tertiary/aromatic N) is 1. The van der Waals surface area contributed by atoms with Crippen molar-refractivity contribution in [3.8, 4) is 0 Å². The monoisotopic (exact) mass is 323 g/mol. The van der Waals surface area contributed by atoms with Gasteiger partial charge in [-0.15, -0.1) is 0 Å². The third kappa shape index (κ3) is 3.90. The standard InChI is InChI=1S/C11H18INO2/c12-10-8-13(6-7-15-10)11(14)3-1-2-9-4-5-9/h9-10H,1-8H2. The van der Waals surface area contributed by atoms with Crippen LogP contribution in [0.25, 0.3) is 0 Å². The highest BCUT2D eigenvalue weighted by atomic mass is 127. The first-order valence-electron chi connectivity index (χ1n) is 5.79. The SMILES string of the molecule is O=C(CCCC1CC1)N1CCOC(I)C1. The van der Waals surface area contributed by atoms with E-state index in [-0.39, 0.29) is 4.11 Å². The Bertz CT molecular complexity index is 231. The van der Waals surface area contributed by atoms with E-state index in [0.29, 0.717) is 12.5 Å². The van der Waals surface area contributed by atoms with Gasteiger partial charge in [-0.2, -0.15) is 0 Å². The van der Waals surface area contributed by atoms with Crippen LogP contribution in [-0.4, -0.2) is 34.6 Å². The number of carbonyl (C=O) groups is 1. The highest BCUT2D eigenvalue weighted by Gasteiger charge is 2.24. The number of carbonyl (C=O) groups excluding carboxylic acids is 1. The average Bonchev–Trinajstić information content (AvgIpc) is 3.01. The fraction of sp³-hybridized carbons (Fsp3) is 0.909. The molecule has 1 atom stereocenters. The molecule has 0 spiro atoms. The first-order chi connectivity index (χ1) is 7.25. The van der Waals surface area contributed by atoms with E-state index in [0.717, 1.165) is 31.8 Å². The number of morpholine rings is 1. The largest absolute Gasteiger partial charge is 0.364 e. The highest BCUT2D eigenvalue weighted by Crippen LogP contribution is 2.33. The van der Waals surface area contributed by atoms with Crippen molar-refractivity contribution in [2.75, 3.05) is 19.7 Å². The predicted molar refractivity (Wildman–Crippen MR) is 66.9 cm³/mol. The smallest absolute Gasteiger partial charge is 0.222 e. The molecule has 0 bridgehead atoms. The number of rotatable bonds is 4. The molecule has 1 saturated heterocycles. The van der Waals surface area contributed by atoms with Gasteiger partial charge in [0.15, 0.2) is 0 Å². The van der Waals surface area contributed by atoms with Gasteiger partial charge in [0, 0.05) is 13.0 Å². The third-order valence-electron chi connectivity index (χ3n) is 3.08. The van der Waals surface area contributed by atoms with Gasteiger partial charge in [-0.05, 0) is 41.4 Å².